The highest BCUT2D eigenvalue weighted by atomic mass is 35.5. The van der Waals surface area contributed by atoms with Gasteiger partial charge in [0, 0.05) is 36.7 Å². The number of piperazine rings is 1. The molecule has 0 aliphatic carbocycles. The second-order valence-corrected chi connectivity index (χ2v) is 6.13. The van der Waals surface area contributed by atoms with Gasteiger partial charge in [-0.2, -0.15) is 0 Å². The van der Waals surface area contributed by atoms with E-state index in [0.29, 0.717) is 23.7 Å². The SMILES string of the molecule is C[C@@H]1CN(C[C@@H](C(N)=O)c2ccc(Cl)cc2)C[C@H](C)N1. The van der Waals surface area contributed by atoms with Crippen LogP contribution in [0, 0.1) is 0 Å². The van der Waals surface area contributed by atoms with Gasteiger partial charge < -0.3 is 11.1 Å². The van der Waals surface area contributed by atoms with Crippen LogP contribution in [0.15, 0.2) is 24.3 Å². The Morgan fingerprint density at radius 3 is 2.40 bits per heavy atom. The fraction of sp³-hybridized carbons (Fsp3) is 0.533. The number of amides is 1. The first kappa shape index (κ1) is 15.3. The molecule has 0 saturated carbocycles. The van der Waals surface area contributed by atoms with Crippen molar-refractivity contribution in [1.29, 1.82) is 0 Å². The molecule has 0 bridgehead atoms. The predicted octanol–water partition coefficient (Wildman–Crippen LogP) is 1.59. The van der Waals surface area contributed by atoms with Crippen molar-refractivity contribution in [1.82, 2.24) is 10.2 Å². The van der Waals surface area contributed by atoms with Crippen LogP contribution in [0.5, 0.6) is 0 Å². The van der Waals surface area contributed by atoms with Crippen molar-refractivity contribution in [3.63, 3.8) is 0 Å². The molecule has 1 aliphatic rings. The van der Waals surface area contributed by atoms with Gasteiger partial charge in [0.2, 0.25) is 5.91 Å². The third-order valence-corrected chi connectivity index (χ3v) is 3.94. The lowest BCUT2D eigenvalue weighted by Gasteiger charge is -2.37. The molecule has 1 amide bonds. The van der Waals surface area contributed by atoms with Gasteiger partial charge in [-0.05, 0) is 31.5 Å². The van der Waals surface area contributed by atoms with Crippen molar-refractivity contribution >= 4 is 17.5 Å². The summed E-state index contributed by atoms with van der Waals surface area (Å²) in [6.45, 7) is 6.84. The van der Waals surface area contributed by atoms with E-state index in [1.165, 1.54) is 0 Å². The molecule has 4 nitrogen and oxygen atoms in total. The summed E-state index contributed by atoms with van der Waals surface area (Å²) in [4.78, 5) is 14.1. The van der Waals surface area contributed by atoms with E-state index in [1.807, 2.05) is 12.1 Å². The Morgan fingerprint density at radius 2 is 1.90 bits per heavy atom. The molecule has 0 spiro atoms. The molecule has 2 rings (SSSR count). The van der Waals surface area contributed by atoms with Gasteiger partial charge in [-0.15, -0.1) is 0 Å². The Labute approximate surface area is 125 Å². The van der Waals surface area contributed by atoms with Gasteiger partial charge in [0.1, 0.15) is 0 Å². The summed E-state index contributed by atoms with van der Waals surface area (Å²) in [6.07, 6.45) is 0. The third kappa shape index (κ3) is 3.95. The number of hydrogen-bond donors (Lipinski definition) is 2. The van der Waals surface area contributed by atoms with Crippen LogP contribution in [0.1, 0.15) is 25.3 Å². The van der Waals surface area contributed by atoms with Gasteiger partial charge in [0.25, 0.3) is 0 Å². The number of rotatable bonds is 4. The van der Waals surface area contributed by atoms with E-state index in [-0.39, 0.29) is 11.8 Å². The van der Waals surface area contributed by atoms with Gasteiger partial charge >= 0.3 is 0 Å². The molecule has 1 aromatic rings. The molecule has 1 fully saturated rings. The molecule has 5 heteroatoms. The van der Waals surface area contributed by atoms with E-state index >= 15 is 0 Å². The van der Waals surface area contributed by atoms with E-state index in [1.54, 1.807) is 12.1 Å². The molecule has 20 heavy (non-hydrogen) atoms. The summed E-state index contributed by atoms with van der Waals surface area (Å²) < 4.78 is 0. The van der Waals surface area contributed by atoms with E-state index < -0.39 is 0 Å². The van der Waals surface area contributed by atoms with Crippen LogP contribution >= 0.6 is 11.6 Å². The first-order chi connectivity index (χ1) is 9.45. The molecule has 1 heterocycles. The smallest absolute Gasteiger partial charge is 0.226 e. The van der Waals surface area contributed by atoms with E-state index in [9.17, 15) is 4.79 Å². The van der Waals surface area contributed by atoms with Gasteiger partial charge in [-0.3, -0.25) is 9.69 Å². The molecule has 0 radical (unpaired) electrons. The van der Waals surface area contributed by atoms with Crippen molar-refractivity contribution in [2.45, 2.75) is 31.8 Å². The first-order valence-electron chi connectivity index (χ1n) is 6.99. The first-order valence-corrected chi connectivity index (χ1v) is 7.36. The number of benzene rings is 1. The minimum Gasteiger partial charge on any atom is -0.369 e. The van der Waals surface area contributed by atoms with Gasteiger partial charge in [-0.1, -0.05) is 23.7 Å². The topological polar surface area (TPSA) is 58.4 Å². The van der Waals surface area contributed by atoms with Crippen molar-refractivity contribution in [2.24, 2.45) is 5.73 Å². The molecular formula is C15H22ClN3O. The quantitative estimate of drug-likeness (QED) is 0.887. The van der Waals surface area contributed by atoms with E-state index in [4.69, 9.17) is 17.3 Å². The molecule has 0 unspecified atom stereocenters. The Hall–Kier alpha value is -1.10. The Balaban J connectivity index is 2.09. The summed E-state index contributed by atoms with van der Waals surface area (Å²) in [5.74, 6) is -0.573. The summed E-state index contributed by atoms with van der Waals surface area (Å²) in [5.41, 5.74) is 6.51. The van der Waals surface area contributed by atoms with E-state index in [2.05, 4.69) is 24.1 Å². The fourth-order valence-corrected chi connectivity index (χ4v) is 3.03. The summed E-state index contributed by atoms with van der Waals surface area (Å²) in [6, 6.07) is 8.22. The van der Waals surface area contributed by atoms with Gasteiger partial charge in [0.15, 0.2) is 0 Å². The van der Waals surface area contributed by atoms with Crippen LogP contribution in [0.4, 0.5) is 0 Å². The largest absolute Gasteiger partial charge is 0.369 e. The second-order valence-electron chi connectivity index (χ2n) is 5.69. The van der Waals surface area contributed by atoms with E-state index in [0.717, 1.165) is 18.7 Å². The number of carbonyl (C=O) groups is 1. The number of primary amides is 1. The summed E-state index contributed by atoms with van der Waals surface area (Å²) in [5, 5.41) is 4.15. The molecule has 3 atom stereocenters. The third-order valence-electron chi connectivity index (χ3n) is 3.69. The van der Waals surface area contributed by atoms with Crippen molar-refractivity contribution in [3.8, 4) is 0 Å². The molecular weight excluding hydrogens is 274 g/mol. The maximum atomic E-state index is 11.8. The minimum absolute atomic E-state index is 0.286. The number of carbonyl (C=O) groups excluding carboxylic acids is 1. The highest BCUT2D eigenvalue weighted by Gasteiger charge is 2.26. The zero-order chi connectivity index (χ0) is 14.7. The molecule has 1 aromatic carbocycles. The maximum Gasteiger partial charge on any atom is 0.226 e. The second kappa shape index (κ2) is 6.57. The van der Waals surface area contributed by atoms with Gasteiger partial charge in [0.05, 0.1) is 5.92 Å². The molecule has 1 aliphatic heterocycles. The molecule has 0 aromatic heterocycles. The monoisotopic (exact) mass is 295 g/mol. The average Bonchev–Trinajstić information content (AvgIpc) is 2.36. The van der Waals surface area contributed by atoms with Gasteiger partial charge in [-0.25, -0.2) is 0 Å². The fourth-order valence-electron chi connectivity index (χ4n) is 2.90. The lowest BCUT2D eigenvalue weighted by Crippen LogP contribution is -2.55. The Bertz CT molecular complexity index is 453. The molecule has 1 saturated heterocycles. The number of halogens is 1. The normalized spacial score (nSPS) is 25.4. The predicted molar refractivity (Wildman–Crippen MR) is 81.9 cm³/mol. The van der Waals surface area contributed by atoms with Crippen molar-refractivity contribution < 1.29 is 4.79 Å². The lowest BCUT2D eigenvalue weighted by atomic mass is 9.97. The zero-order valence-corrected chi connectivity index (χ0v) is 12.7. The number of nitrogens with one attached hydrogen (secondary N) is 1. The molecule has 110 valence electrons. The molecule has 3 N–H and O–H groups in total. The Kier molecular flexibility index (Phi) is 5.02. The number of nitrogens with zero attached hydrogens (tertiary/aromatic N) is 1. The highest BCUT2D eigenvalue weighted by Crippen LogP contribution is 2.20. The number of hydrogen-bond acceptors (Lipinski definition) is 3. The highest BCUT2D eigenvalue weighted by molar-refractivity contribution is 6.30. The maximum absolute atomic E-state index is 11.8. The van der Waals surface area contributed by atoms with Crippen molar-refractivity contribution in [2.75, 3.05) is 19.6 Å². The number of nitrogens with two attached hydrogens (primary N) is 1. The van der Waals surface area contributed by atoms with Crippen LogP contribution in [-0.4, -0.2) is 42.5 Å². The average molecular weight is 296 g/mol. The van der Waals surface area contributed by atoms with Crippen LogP contribution < -0.4 is 11.1 Å². The van der Waals surface area contributed by atoms with Crippen LogP contribution in [0.2, 0.25) is 5.02 Å². The minimum atomic E-state index is -0.287. The zero-order valence-electron chi connectivity index (χ0n) is 12.0. The summed E-state index contributed by atoms with van der Waals surface area (Å²) >= 11 is 5.89. The summed E-state index contributed by atoms with van der Waals surface area (Å²) in [7, 11) is 0. The van der Waals surface area contributed by atoms with Crippen LogP contribution in [-0.2, 0) is 4.79 Å². The van der Waals surface area contributed by atoms with Crippen LogP contribution in [0.25, 0.3) is 0 Å². The Morgan fingerprint density at radius 1 is 1.35 bits per heavy atom. The van der Waals surface area contributed by atoms with Crippen molar-refractivity contribution in [3.05, 3.63) is 34.9 Å². The van der Waals surface area contributed by atoms with Crippen LogP contribution in [0.3, 0.4) is 0 Å². The standard InChI is InChI=1S/C15H22ClN3O/c1-10-7-19(8-11(2)18-10)9-14(15(17)20)12-3-5-13(16)6-4-12/h3-6,10-11,14,18H,7-9H2,1-2H3,(H2,17,20)/t10-,11+,14-/m1/s1. The lowest BCUT2D eigenvalue weighted by molar-refractivity contribution is -0.120.